The predicted molar refractivity (Wildman–Crippen MR) is 140 cm³/mol. The largest absolute Gasteiger partial charge is 0.457 e. The average molecular weight is 532 g/mol. The van der Waals surface area contributed by atoms with Gasteiger partial charge in [0.25, 0.3) is 0 Å². The van der Waals surface area contributed by atoms with Crippen molar-refractivity contribution >= 4 is 39.7 Å². The monoisotopic (exact) mass is 531 g/mol. The number of amides is 1. The number of nitrogens with zero attached hydrogens (tertiary/aromatic N) is 1. The molecule has 0 unspecified atom stereocenters. The topological polar surface area (TPSA) is 63.7 Å². The summed E-state index contributed by atoms with van der Waals surface area (Å²) >= 11 is 3.42. The summed E-state index contributed by atoms with van der Waals surface area (Å²) in [6.07, 6.45) is 4.41. The molecule has 1 aliphatic heterocycles. The number of hydrogen-bond acceptors (Lipinski definition) is 4. The number of likely N-dealkylation sites (tertiary alicyclic amines) is 1. The van der Waals surface area contributed by atoms with Crippen molar-refractivity contribution < 1.29 is 19.1 Å². The van der Waals surface area contributed by atoms with Crippen LogP contribution in [0.5, 0.6) is 0 Å². The molecule has 0 saturated carbocycles. The minimum Gasteiger partial charge on any atom is -0.457 e. The van der Waals surface area contributed by atoms with E-state index < -0.39 is 0 Å². The van der Waals surface area contributed by atoms with Crippen molar-refractivity contribution in [1.82, 2.24) is 4.90 Å². The van der Waals surface area contributed by atoms with Crippen molar-refractivity contribution in [1.29, 1.82) is 0 Å². The molecule has 178 valence electrons. The second kappa shape index (κ2) is 11.8. The van der Waals surface area contributed by atoms with E-state index in [0.717, 1.165) is 21.2 Å². The molecule has 3 aromatic rings. The maximum absolute atomic E-state index is 12.5. The Morgan fingerprint density at radius 2 is 1.46 bits per heavy atom. The Kier molecular flexibility index (Phi) is 8.27. The molecule has 1 saturated heterocycles. The third kappa shape index (κ3) is 6.76. The van der Waals surface area contributed by atoms with Gasteiger partial charge >= 0.3 is 5.97 Å². The number of carbonyl (C=O) groups excluding carboxylic acids is 3. The number of ether oxygens (including phenoxy) is 1. The molecule has 1 amide bonds. The third-order valence-electron chi connectivity index (χ3n) is 6.09. The highest BCUT2D eigenvalue weighted by atomic mass is 79.9. The van der Waals surface area contributed by atoms with Gasteiger partial charge < -0.3 is 9.64 Å². The first-order valence-corrected chi connectivity index (χ1v) is 12.4. The number of rotatable bonds is 7. The molecule has 4 rings (SSSR count). The molecular weight excluding hydrogens is 506 g/mol. The van der Waals surface area contributed by atoms with E-state index >= 15 is 0 Å². The highest BCUT2D eigenvalue weighted by molar-refractivity contribution is 9.10. The number of Topliss-reactive ketones (excluding diaryl/α,β-unsaturated/α-hetero) is 1. The van der Waals surface area contributed by atoms with Crippen LogP contribution in [0.15, 0.2) is 89.4 Å². The molecular formula is C29H26BrNO4. The van der Waals surface area contributed by atoms with Crippen molar-refractivity contribution in [3.05, 3.63) is 101 Å². The van der Waals surface area contributed by atoms with Gasteiger partial charge in [0.15, 0.2) is 12.4 Å². The molecule has 0 atom stereocenters. The van der Waals surface area contributed by atoms with Crippen molar-refractivity contribution in [3.63, 3.8) is 0 Å². The Morgan fingerprint density at radius 1 is 0.857 bits per heavy atom. The van der Waals surface area contributed by atoms with E-state index in [2.05, 4.69) is 15.9 Å². The highest BCUT2D eigenvalue weighted by Gasteiger charge is 2.28. The lowest BCUT2D eigenvalue weighted by Crippen LogP contribution is -2.40. The number of esters is 1. The average Bonchev–Trinajstić information content (AvgIpc) is 2.91. The van der Waals surface area contributed by atoms with Gasteiger partial charge in [-0.2, -0.15) is 0 Å². The number of hydrogen-bond donors (Lipinski definition) is 0. The Hall–Kier alpha value is -3.51. The lowest BCUT2D eigenvalue weighted by molar-refractivity contribution is -0.150. The zero-order valence-corrected chi connectivity index (χ0v) is 20.8. The molecule has 1 fully saturated rings. The summed E-state index contributed by atoms with van der Waals surface area (Å²) in [6, 6.07) is 24.9. The molecule has 0 spiro atoms. The summed E-state index contributed by atoms with van der Waals surface area (Å²) < 4.78 is 6.32. The number of carbonyl (C=O) groups is 3. The number of piperidine rings is 1. The van der Waals surface area contributed by atoms with Crippen LogP contribution in [0.4, 0.5) is 0 Å². The molecule has 0 N–H and O–H groups in total. The second-order valence-electron chi connectivity index (χ2n) is 8.46. The Bertz CT molecular complexity index is 1200. The van der Waals surface area contributed by atoms with Gasteiger partial charge in [0.2, 0.25) is 5.91 Å². The van der Waals surface area contributed by atoms with Crippen LogP contribution in [0.2, 0.25) is 0 Å². The molecule has 6 heteroatoms. The van der Waals surface area contributed by atoms with Gasteiger partial charge in [0.05, 0.1) is 5.92 Å². The summed E-state index contributed by atoms with van der Waals surface area (Å²) in [5.74, 6) is -0.983. The maximum Gasteiger partial charge on any atom is 0.309 e. The van der Waals surface area contributed by atoms with Crippen LogP contribution in [-0.4, -0.2) is 42.3 Å². The molecule has 3 aromatic carbocycles. The van der Waals surface area contributed by atoms with E-state index in [1.807, 2.05) is 66.7 Å². The Morgan fingerprint density at radius 3 is 2.09 bits per heavy atom. The Labute approximate surface area is 213 Å². The molecule has 5 nitrogen and oxygen atoms in total. The van der Waals surface area contributed by atoms with E-state index in [0.29, 0.717) is 31.5 Å². The van der Waals surface area contributed by atoms with Crippen molar-refractivity contribution in [3.8, 4) is 11.1 Å². The number of benzene rings is 3. The fraction of sp³-hybridized carbons (Fsp3) is 0.207. The van der Waals surface area contributed by atoms with Gasteiger partial charge in [-0.1, -0.05) is 82.7 Å². The minimum atomic E-state index is -0.378. The van der Waals surface area contributed by atoms with E-state index in [1.165, 1.54) is 0 Å². The lowest BCUT2D eigenvalue weighted by atomic mass is 9.97. The normalized spacial score (nSPS) is 14.1. The Balaban J connectivity index is 1.22. The number of ketones is 1. The first-order valence-electron chi connectivity index (χ1n) is 11.6. The van der Waals surface area contributed by atoms with Gasteiger partial charge in [0, 0.05) is 29.2 Å². The van der Waals surface area contributed by atoms with Gasteiger partial charge in [0.1, 0.15) is 0 Å². The van der Waals surface area contributed by atoms with Crippen LogP contribution < -0.4 is 0 Å². The molecule has 0 aliphatic carbocycles. The van der Waals surface area contributed by atoms with Crippen LogP contribution in [0.1, 0.15) is 28.8 Å². The van der Waals surface area contributed by atoms with E-state index in [1.54, 1.807) is 29.2 Å². The SMILES string of the molecule is O=C(COC(=O)C1CCN(C(=O)C=Cc2ccccc2)CC1)c1ccc(-c2ccc(Br)cc2)cc1. The van der Waals surface area contributed by atoms with Gasteiger partial charge in [-0.3, -0.25) is 14.4 Å². The zero-order chi connectivity index (χ0) is 24.6. The maximum atomic E-state index is 12.5. The van der Waals surface area contributed by atoms with Crippen molar-refractivity contribution in [2.45, 2.75) is 12.8 Å². The first kappa shape index (κ1) is 24.6. The highest BCUT2D eigenvalue weighted by Crippen LogP contribution is 2.23. The van der Waals surface area contributed by atoms with Gasteiger partial charge in [-0.15, -0.1) is 0 Å². The smallest absolute Gasteiger partial charge is 0.309 e. The van der Waals surface area contributed by atoms with Crippen LogP contribution in [0.3, 0.4) is 0 Å². The molecule has 35 heavy (non-hydrogen) atoms. The zero-order valence-electron chi connectivity index (χ0n) is 19.2. The van der Waals surface area contributed by atoms with Crippen molar-refractivity contribution in [2.75, 3.05) is 19.7 Å². The quantitative estimate of drug-likeness (QED) is 0.220. The van der Waals surface area contributed by atoms with Crippen LogP contribution in [-0.2, 0) is 14.3 Å². The van der Waals surface area contributed by atoms with E-state index in [-0.39, 0.29) is 30.2 Å². The second-order valence-corrected chi connectivity index (χ2v) is 9.37. The summed E-state index contributed by atoms with van der Waals surface area (Å²) in [5, 5.41) is 0. The fourth-order valence-corrected chi connectivity index (χ4v) is 4.27. The first-order chi connectivity index (χ1) is 17.0. The molecule has 0 aromatic heterocycles. The molecule has 0 radical (unpaired) electrons. The van der Waals surface area contributed by atoms with Crippen LogP contribution in [0, 0.1) is 5.92 Å². The summed E-state index contributed by atoms with van der Waals surface area (Å²) in [4.78, 5) is 39.2. The van der Waals surface area contributed by atoms with Crippen LogP contribution >= 0.6 is 15.9 Å². The molecule has 1 heterocycles. The fourth-order valence-electron chi connectivity index (χ4n) is 4.00. The minimum absolute atomic E-state index is 0.0672. The lowest BCUT2D eigenvalue weighted by Gasteiger charge is -2.30. The van der Waals surface area contributed by atoms with Crippen molar-refractivity contribution in [2.24, 2.45) is 5.92 Å². The third-order valence-corrected chi connectivity index (χ3v) is 6.62. The van der Waals surface area contributed by atoms with Crippen LogP contribution in [0.25, 0.3) is 17.2 Å². The van der Waals surface area contributed by atoms with E-state index in [4.69, 9.17) is 4.74 Å². The standard InChI is InChI=1S/C29H26BrNO4/c30-26-13-11-23(12-14-26)22-7-9-24(10-8-22)27(32)20-35-29(34)25-16-18-31(19-17-25)28(33)15-6-21-4-2-1-3-5-21/h1-15,25H,16-20H2. The number of halogens is 1. The van der Waals surface area contributed by atoms with Gasteiger partial charge in [-0.25, -0.2) is 0 Å². The predicted octanol–water partition coefficient (Wildman–Crippen LogP) is 5.79. The summed E-state index contributed by atoms with van der Waals surface area (Å²) in [6.45, 7) is 0.696. The van der Waals surface area contributed by atoms with E-state index in [9.17, 15) is 14.4 Å². The van der Waals surface area contributed by atoms with Gasteiger partial charge in [-0.05, 0) is 47.7 Å². The molecule has 1 aliphatic rings. The summed E-state index contributed by atoms with van der Waals surface area (Å²) in [5.41, 5.74) is 3.53. The molecule has 0 bridgehead atoms. The summed E-state index contributed by atoms with van der Waals surface area (Å²) in [7, 11) is 0.